The topological polar surface area (TPSA) is 51.2 Å². The lowest BCUT2D eigenvalue weighted by Gasteiger charge is -2.07. The van der Waals surface area contributed by atoms with Crippen LogP contribution >= 0.6 is 11.3 Å². The van der Waals surface area contributed by atoms with Crippen molar-refractivity contribution in [3.63, 3.8) is 0 Å². The van der Waals surface area contributed by atoms with Crippen molar-refractivity contribution in [3.05, 3.63) is 11.1 Å². The van der Waals surface area contributed by atoms with E-state index in [4.69, 9.17) is 0 Å². The van der Waals surface area contributed by atoms with Gasteiger partial charge in [0.1, 0.15) is 0 Å². The SMILES string of the molecule is COC(=O)c1csc(NCC2(C)CC2)n1. The molecule has 1 aliphatic rings. The molecule has 82 valence electrons. The summed E-state index contributed by atoms with van der Waals surface area (Å²) >= 11 is 1.44. The summed E-state index contributed by atoms with van der Waals surface area (Å²) in [5.41, 5.74) is 0.822. The molecule has 1 fully saturated rings. The van der Waals surface area contributed by atoms with Crippen molar-refractivity contribution in [1.82, 2.24) is 4.98 Å². The van der Waals surface area contributed by atoms with E-state index in [0.717, 1.165) is 11.7 Å². The molecule has 0 aliphatic heterocycles. The maximum Gasteiger partial charge on any atom is 0.357 e. The Morgan fingerprint density at radius 1 is 1.73 bits per heavy atom. The van der Waals surface area contributed by atoms with Gasteiger partial charge >= 0.3 is 5.97 Å². The number of hydrogen-bond acceptors (Lipinski definition) is 5. The first kappa shape index (κ1) is 10.4. The maximum absolute atomic E-state index is 11.1. The van der Waals surface area contributed by atoms with Gasteiger partial charge in [0.15, 0.2) is 10.8 Å². The average molecular weight is 226 g/mol. The molecule has 5 heteroatoms. The van der Waals surface area contributed by atoms with Gasteiger partial charge in [0.05, 0.1) is 7.11 Å². The number of hydrogen-bond donors (Lipinski definition) is 1. The van der Waals surface area contributed by atoms with E-state index in [1.165, 1.54) is 31.3 Å². The Balaban J connectivity index is 1.92. The van der Waals surface area contributed by atoms with Gasteiger partial charge < -0.3 is 10.1 Å². The zero-order valence-corrected chi connectivity index (χ0v) is 9.69. The first-order valence-electron chi connectivity index (χ1n) is 4.91. The monoisotopic (exact) mass is 226 g/mol. The summed E-state index contributed by atoms with van der Waals surface area (Å²) in [6, 6.07) is 0. The number of rotatable bonds is 4. The predicted octanol–water partition coefficient (Wildman–Crippen LogP) is 2.14. The van der Waals surface area contributed by atoms with Crippen LogP contribution in [0.2, 0.25) is 0 Å². The van der Waals surface area contributed by atoms with Crippen LogP contribution in [0, 0.1) is 5.41 Å². The van der Waals surface area contributed by atoms with Crippen LogP contribution in [0.25, 0.3) is 0 Å². The third-order valence-corrected chi connectivity index (χ3v) is 3.47. The van der Waals surface area contributed by atoms with Gasteiger partial charge in [-0.15, -0.1) is 11.3 Å². The number of nitrogens with one attached hydrogen (secondary N) is 1. The van der Waals surface area contributed by atoms with Crippen LogP contribution in [0.4, 0.5) is 5.13 Å². The van der Waals surface area contributed by atoms with E-state index in [-0.39, 0.29) is 5.97 Å². The highest BCUT2D eigenvalue weighted by Crippen LogP contribution is 2.44. The number of carbonyl (C=O) groups is 1. The summed E-state index contributed by atoms with van der Waals surface area (Å²) in [6.07, 6.45) is 2.55. The van der Waals surface area contributed by atoms with Crippen molar-refractivity contribution < 1.29 is 9.53 Å². The van der Waals surface area contributed by atoms with E-state index in [1.54, 1.807) is 5.38 Å². The first-order chi connectivity index (χ1) is 7.13. The molecule has 0 spiro atoms. The fourth-order valence-electron chi connectivity index (χ4n) is 1.23. The van der Waals surface area contributed by atoms with E-state index in [1.807, 2.05) is 0 Å². The molecule has 0 bridgehead atoms. The van der Waals surface area contributed by atoms with Crippen molar-refractivity contribution in [2.75, 3.05) is 19.0 Å². The fraction of sp³-hybridized carbons (Fsp3) is 0.600. The smallest absolute Gasteiger partial charge is 0.357 e. The standard InChI is InChI=1S/C10H14N2O2S/c1-10(3-4-10)6-11-9-12-7(5-15-9)8(13)14-2/h5H,3-4,6H2,1-2H3,(H,11,12). The molecule has 2 rings (SSSR count). The number of methoxy groups -OCH3 is 1. The van der Waals surface area contributed by atoms with Crippen molar-refractivity contribution >= 4 is 22.4 Å². The van der Waals surface area contributed by atoms with Gasteiger partial charge in [-0.05, 0) is 18.3 Å². The lowest BCUT2D eigenvalue weighted by atomic mass is 10.1. The van der Waals surface area contributed by atoms with Gasteiger partial charge in [-0.25, -0.2) is 9.78 Å². The number of ether oxygens (including phenoxy) is 1. The predicted molar refractivity (Wildman–Crippen MR) is 59.3 cm³/mol. The molecule has 0 amide bonds. The second-order valence-corrected chi connectivity index (χ2v) is 5.05. The Morgan fingerprint density at radius 3 is 3.07 bits per heavy atom. The number of aromatic nitrogens is 1. The summed E-state index contributed by atoms with van der Waals surface area (Å²) in [7, 11) is 1.36. The number of thiazole rings is 1. The molecular weight excluding hydrogens is 212 g/mol. The van der Waals surface area contributed by atoms with Gasteiger partial charge in [-0.3, -0.25) is 0 Å². The van der Waals surface area contributed by atoms with Gasteiger partial charge in [-0.2, -0.15) is 0 Å². The van der Waals surface area contributed by atoms with Crippen molar-refractivity contribution in [2.45, 2.75) is 19.8 Å². The number of esters is 1. The van der Waals surface area contributed by atoms with Gasteiger partial charge in [0.25, 0.3) is 0 Å². The van der Waals surface area contributed by atoms with E-state index in [2.05, 4.69) is 22.0 Å². The third-order valence-electron chi connectivity index (χ3n) is 2.67. The van der Waals surface area contributed by atoms with Crippen molar-refractivity contribution in [3.8, 4) is 0 Å². The summed E-state index contributed by atoms with van der Waals surface area (Å²) in [6.45, 7) is 3.18. The Bertz CT molecular complexity index is 371. The van der Waals surface area contributed by atoms with Crippen LogP contribution in [-0.4, -0.2) is 24.6 Å². The molecule has 0 unspecified atom stereocenters. The molecule has 1 aromatic heterocycles. The molecular formula is C10H14N2O2S. The molecule has 0 radical (unpaired) electrons. The molecule has 1 N–H and O–H groups in total. The van der Waals surface area contributed by atoms with Crippen LogP contribution < -0.4 is 5.32 Å². The van der Waals surface area contributed by atoms with Gasteiger partial charge in [0.2, 0.25) is 0 Å². The van der Waals surface area contributed by atoms with Gasteiger partial charge in [0, 0.05) is 11.9 Å². The largest absolute Gasteiger partial charge is 0.464 e. The van der Waals surface area contributed by atoms with Gasteiger partial charge in [-0.1, -0.05) is 6.92 Å². The zero-order valence-electron chi connectivity index (χ0n) is 8.87. The molecule has 1 aliphatic carbocycles. The van der Waals surface area contributed by atoms with E-state index < -0.39 is 0 Å². The summed E-state index contributed by atoms with van der Waals surface area (Å²) in [5.74, 6) is -0.378. The second-order valence-electron chi connectivity index (χ2n) is 4.19. The minimum absolute atomic E-state index is 0.378. The Kier molecular flexibility index (Phi) is 2.65. The highest BCUT2D eigenvalue weighted by molar-refractivity contribution is 7.13. The second kappa shape index (κ2) is 3.81. The highest BCUT2D eigenvalue weighted by atomic mass is 32.1. The minimum atomic E-state index is -0.378. The van der Waals surface area contributed by atoms with E-state index in [0.29, 0.717) is 11.1 Å². The van der Waals surface area contributed by atoms with Crippen LogP contribution in [-0.2, 0) is 4.74 Å². The number of anilines is 1. The maximum atomic E-state index is 11.1. The molecule has 15 heavy (non-hydrogen) atoms. The van der Waals surface area contributed by atoms with Crippen LogP contribution in [0.3, 0.4) is 0 Å². The Hall–Kier alpha value is -1.10. The summed E-state index contributed by atoms with van der Waals surface area (Å²) in [5, 5.41) is 5.75. The normalized spacial score (nSPS) is 17.2. The Morgan fingerprint density at radius 2 is 2.47 bits per heavy atom. The zero-order chi connectivity index (χ0) is 10.9. The summed E-state index contributed by atoms with van der Waals surface area (Å²) < 4.78 is 4.58. The molecule has 0 atom stereocenters. The quantitative estimate of drug-likeness (QED) is 0.799. The first-order valence-corrected chi connectivity index (χ1v) is 5.79. The van der Waals surface area contributed by atoms with E-state index >= 15 is 0 Å². The molecule has 4 nitrogen and oxygen atoms in total. The Labute approximate surface area is 92.7 Å². The highest BCUT2D eigenvalue weighted by Gasteiger charge is 2.36. The summed E-state index contributed by atoms with van der Waals surface area (Å²) in [4.78, 5) is 15.3. The minimum Gasteiger partial charge on any atom is -0.464 e. The molecule has 0 saturated heterocycles. The number of nitrogens with zero attached hydrogens (tertiary/aromatic N) is 1. The van der Waals surface area contributed by atoms with Crippen LogP contribution in [0.5, 0.6) is 0 Å². The van der Waals surface area contributed by atoms with Crippen molar-refractivity contribution in [1.29, 1.82) is 0 Å². The van der Waals surface area contributed by atoms with Crippen molar-refractivity contribution in [2.24, 2.45) is 5.41 Å². The molecule has 1 aromatic rings. The lowest BCUT2D eigenvalue weighted by Crippen LogP contribution is -2.11. The number of carbonyl (C=O) groups excluding carboxylic acids is 1. The fourth-order valence-corrected chi connectivity index (χ4v) is 1.91. The average Bonchev–Trinajstić information content (AvgIpc) is 2.81. The van der Waals surface area contributed by atoms with E-state index in [9.17, 15) is 4.79 Å². The van der Waals surface area contributed by atoms with Crippen LogP contribution in [0.1, 0.15) is 30.3 Å². The molecule has 1 heterocycles. The lowest BCUT2D eigenvalue weighted by molar-refractivity contribution is 0.0595. The molecule has 0 aromatic carbocycles. The van der Waals surface area contributed by atoms with Crippen LogP contribution in [0.15, 0.2) is 5.38 Å². The molecule has 1 saturated carbocycles. The third kappa shape index (κ3) is 2.47.